The van der Waals surface area contributed by atoms with Gasteiger partial charge in [0.05, 0.1) is 24.5 Å². The van der Waals surface area contributed by atoms with Crippen molar-refractivity contribution in [2.24, 2.45) is 0 Å². The average Bonchev–Trinajstić information content (AvgIpc) is 3.45. The maximum absolute atomic E-state index is 13.2. The van der Waals surface area contributed by atoms with E-state index in [9.17, 15) is 4.79 Å². The number of amides is 1. The summed E-state index contributed by atoms with van der Waals surface area (Å²) in [7, 11) is 1.64. The molecule has 1 fully saturated rings. The van der Waals surface area contributed by atoms with Crippen LogP contribution >= 0.6 is 34.7 Å². The number of thiazole rings is 1. The fourth-order valence-electron chi connectivity index (χ4n) is 3.55. The Labute approximate surface area is 195 Å². The molecule has 1 aliphatic heterocycles. The number of methoxy groups -OCH3 is 1. The molecule has 1 unspecified atom stereocenters. The third-order valence-corrected chi connectivity index (χ3v) is 7.54. The molecule has 4 rings (SSSR count). The lowest BCUT2D eigenvalue weighted by Crippen LogP contribution is -2.37. The maximum atomic E-state index is 13.2. The van der Waals surface area contributed by atoms with Crippen LogP contribution in [0.4, 0.5) is 5.13 Å². The van der Waals surface area contributed by atoms with E-state index < -0.39 is 0 Å². The largest absolute Gasteiger partial charge is 0.494 e. The summed E-state index contributed by atoms with van der Waals surface area (Å²) in [5.41, 5.74) is 0.799. The van der Waals surface area contributed by atoms with Crippen molar-refractivity contribution in [1.82, 2.24) is 4.98 Å². The average molecular weight is 477 g/mol. The number of rotatable bonds is 9. The third-order valence-electron chi connectivity index (χ3n) is 5.15. The SMILES string of the molecule is COc1cccc2sc(N(CC3CCCO3)C(=O)CCCSc3ccc(Cl)cc3)nc12. The van der Waals surface area contributed by atoms with E-state index in [1.807, 2.05) is 47.4 Å². The first-order valence-electron chi connectivity index (χ1n) is 10.4. The molecule has 0 saturated carbocycles. The summed E-state index contributed by atoms with van der Waals surface area (Å²) in [4.78, 5) is 20.9. The van der Waals surface area contributed by atoms with Gasteiger partial charge in [-0.3, -0.25) is 9.69 Å². The van der Waals surface area contributed by atoms with Crippen molar-refractivity contribution in [3.8, 4) is 5.75 Å². The molecule has 8 heteroatoms. The molecule has 2 heterocycles. The van der Waals surface area contributed by atoms with E-state index in [1.54, 1.807) is 18.9 Å². The van der Waals surface area contributed by atoms with Gasteiger partial charge in [0, 0.05) is 22.9 Å². The van der Waals surface area contributed by atoms with Crippen LogP contribution in [0.3, 0.4) is 0 Å². The number of para-hydroxylation sites is 1. The number of anilines is 1. The molecular weight excluding hydrogens is 452 g/mol. The Balaban J connectivity index is 1.44. The molecule has 2 aromatic carbocycles. The molecule has 0 aliphatic carbocycles. The quantitative estimate of drug-likeness (QED) is 0.278. The van der Waals surface area contributed by atoms with Crippen LogP contribution in [0.25, 0.3) is 10.2 Å². The summed E-state index contributed by atoms with van der Waals surface area (Å²) >= 11 is 9.20. The van der Waals surface area contributed by atoms with Crippen LogP contribution in [0.1, 0.15) is 25.7 Å². The van der Waals surface area contributed by atoms with Crippen LogP contribution in [0, 0.1) is 0 Å². The Bertz CT molecular complexity index is 1020. The number of fused-ring (bicyclic) bond motifs is 1. The van der Waals surface area contributed by atoms with Crippen molar-refractivity contribution >= 4 is 56.0 Å². The lowest BCUT2D eigenvalue weighted by molar-refractivity contribution is -0.119. The standard InChI is InChI=1S/C23H25ClN2O3S2/c1-28-19-6-2-7-20-22(19)25-23(31-20)26(15-17-5-3-13-29-17)21(27)8-4-14-30-18-11-9-16(24)10-12-18/h2,6-7,9-12,17H,3-5,8,13-15H2,1H3. The zero-order chi connectivity index (χ0) is 21.6. The van der Waals surface area contributed by atoms with Crippen LogP contribution in [-0.4, -0.2) is 43.0 Å². The van der Waals surface area contributed by atoms with Gasteiger partial charge in [-0.2, -0.15) is 0 Å². The van der Waals surface area contributed by atoms with Crippen LogP contribution in [-0.2, 0) is 9.53 Å². The predicted molar refractivity (Wildman–Crippen MR) is 129 cm³/mol. The van der Waals surface area contributed by atoms with Crippen molar-refractivity contribution in [2.45, 2.75) is 36.7 Å². The van der Waals surface area contributed by atoms with Crippen molar-refractivity contribution in [3.63, 3.8) is 0 Å². The molecule has 0 spiro atoms. The highest BCUT2D eigenvalue weighted by Gasteiger charge is 2.26. The van der Waals surface area contributed by atoms with Gasteiger partial charge in [0.25, 0.3) is 0 Å². The molecule has 1 atom stereocenters. The normalized spacial score (nSPS) is 16.0. The molecule has 1 amide bonds. The van der Waals surface area contributed by atoms with Crippen LogP contribution in [0.5, 0.6) is 5.75 Å². The van der Waals surface area contributed by atoms with Crippen LogP contribution in [0.15, 0.2) is 47.4 Å². The lowest BCUT2D eigenvalue weighted by Gasteiger charge is -2.23. The highest BCUT2D eigenvalue weighted by atomic mass is 35.5. The summed E-state index contributed by atoms with van der Waals surface area (Å²) in [5, 5.41) is 1.45. The number of aromatic nitrogens is 1. The minimum atomic E-state index is 0.0706. The van der Waals surface area contributed by atoms with E-state index in [4.69, 9.17) is 26.1 Å². The van der Waals surface area contributed by atoms with Crippen LogP contribution < -0.4 is 9.64 Å². The number of carbonyl (C=O) groups is 1. The Hall–Kier alpha value is -1.80. The number of halogens is 1. The maximum Gasteiger partial charge on any atom is 0.228 e. The summed E-state index contributed by atoms with van der Waals surface area (Å²) in [6.45, 7) is 1.31. The second-order valence-corrected chi connectivity index (χ2v) is 9.96. The van der Waals surface area contributed by atoms with E-state index >= 15 is 0 Å². The Morgan fingerprint density at radius 3 is 2.90 bits per heavy atom. The van der Waals surface area contributed by atoms with E-state index in [-0.39, 0.29) is 12.0 Å². The molecule has 31 heavy (non-hydrogen) atoms. The molecule has 1 aliphatic rings. The first-order valence-corrected chi connectivity index (χ1v) is 12.6. The Morgan fingerprint density at radius 1 is 1.32 bits per heavy atom. The number of carbonyl (C=O) groups excluding carboxylic acids is 1. The fourth-order valence-corrected chi connectivity index (χ4v) is 5.54. The smallest absolute Gasteiger partial charge is 0.228 e. The van der Waals surface area contributed by atoms with Crippen molar-refractivity contribution in [2.75, 3.05) is 30.9 Å². The minimum absolute atomic E-state index is 0.0706. The summed E-state index contributed by atoms with van der Waals surface area (Å²) in [6.07, 6.45) is 3.35. The molecule has 5 nitrogen and oxygen atoms in total. The van der Waals surface area contributed by atoms with Gasteiger partial charge in [-0.05, 0) is 61.4 Å². The molecule has 0 bridgehead atoms. The molecule has 3 aromatic rings. The molecule has 164 valence electrons. The number of nitrogens with zero attached hydrogens (tertiary/aromatic N) is 2. The second kappa shape index (κ2) is 10.7. The highest BCUT2D eigenvalue weighted by molar-refractivity contribution is 7.99. The van der Waals surface area contributed by atoms with Gasteiger partial charge in [-0.1, -0.05) is 29.0 Å². The molecule has 0 N–H and O–H groups in total. The zero-order valence-corrected chi connectivity index (χ0v) is 19.8. The summed E-state index contributed by atoms with van der Waals surface area (Å²) < 4.78 is 12.3. The first kappa shape index (κ1) is 22.4. The van der Waals surface area contributed by atoms with Gasteiger partial charge in [0.2, 0.25) is 5.91 Å². The first-order chi connectivity index (χ1) is 15.1. The van der Waals surface area contributed by atoms with Gasteiger partial charge < -0.3 is 9.47 Å². The number of hydrogen-bond donors (Lipinski definition) is 0. The van der Waals surface area contributed by atoms with Crippen molar-refractivity contribution in [3.05, 3.63) is 47.5 Å². The minimum Gasteiger partial charge on any atom is -0.494 e. The van der Waals surface area contributed by atoms with E-state index in [0.717, 1.165) is 57.5 Å². The Morgan fingerprint density at radius 2 is 2.16 bits per heavy atom. The summed E-state index contributed by atoms with van der Waals surface area (Å²) in [5.74, 6) is 1.68. The molecule has 0 radical (unpaired) electrons. The zero-order valence-electron chi connectivity index (χ0n) is 17.4. The lowest BCUT2D eigenvalue weighted by atomic mass is 10.2. The van der Waals surface area contributed by atoms with Gasteiger partial charge in [0.1, 0.15) is 11.3 Å². The van der Waals surface area contributed by atoms with Gasteiger partial charge in [-0.15, -0.1) is 11.8 Å². The number of hydrogen-bond acceptors (Lipinski definition) is 6. The van der Waals surface area contributed by atoms with E-state index in [0.29, 0.717) is 18.1 Å². The number of thioether (sulfide) groups is 1. The predicted octanol–water partition coefficient (Wildman–Crippen LogP) is 6.04. The van der Waals surface area contributed by atoms with Gasteiger partial charge in [-0.25, -0.2) is 4.98 Å². The van der Waals surface area contributed by atoms with Crippen LogP contribution in [0.2, 0.25) is 5.02 Å². The monoisotopic (exact) mass is 476 g/mol. The van der Waals surface area contributed by atoms with Crippen molar-refractivity contribution in [1.29, 1.82) is 0 Å². The van der Waals surface area contributed by atoms with E-state index in [1.165, 1.54) is 11.3 Å². The number of ether oxygens (including phenoxy) is 2. The van der Waals surface area contributed by atoms with Gasteiger partial charge in [0.15, 0.2) is 5.13 Å². The highest BCUT2D eigenvalue weighted by Crippen LogP contribution is 2.35. The third kappa shape index (κ3) is 5.71. The molecule has 1 aromatic heterocycles. The number of benzene rings is 2. The van der Waals surface area contributed by atoms with Crippen molar-refractivity contribution < 1.29 is 14.3 Å². The van der Waals surface area contributed by atoms with Gasteiger partial charge >= 0.3 is 0 Å². The molecule has 1 saturated heterocycles. The topological polar surface area (TPSA) is 51.7 Å². The second-order valence-electron chi connectivity index (χ2n) is 7.35. The summed E-state index contributed by atoms with van der Waals surface area (Å²) in [6, 6.07) is 13.6. The molecular formula is C23H25ClN2O3S2. The Kier molecular flexibility index (Phi) is 7.72. The van der Waals surface area contributed by atoms with E-state index in [2.05, 4.69) is 0 Å². The fraction of sp³-hybridized carbons (Fsp3) is 0.391.